The van der Waals surface area contributed by atoms with Gasteiger partial charge in [-0.15, -0.1) is 0 Å². The highest BCUT2D eigenvalue weighted by Gasteiger charge is 2.31. The molecular weight excluding hydrogens is 353 g/mol. The Hall–Kier alpha value is -2.21. The van der Waals surface area contributed by atoms with Crippen molar-refractivity contribution in [1.82, 2.24) is 0 Å². The Labute approximate surface area is 148 Å². The molecule has 0 saturated carbocycles. The van der Waals surface area contributed by atoms with Crippen LogP contribution in [0.5, 0.6) is 5.75 Å². The van der Waals surface area contributed by atoms with Crippen molar-refractivity contribution in [3.8, 4) is 5.75 Å². The van der Waals surface area contributed by atoms with Gasteiger partial charge in [0.25, 0.3) is 0 Å². The molecule has 1 N–H and O–H groups in total. The van der Waals surface area contributed by atoms with Gasteiger partial charge in [-0.05, 0) is 49.2 Å². The van der Waals surface area contributed by atoms with Crippen LogP contribution in [-0.2, 0) is 6.18 Å². The van der Waals surface area contributed by atoms with Crippen molar-refractivity contribution >= 4 is 29.2 Å². The Morgan fingerprint density at radius 2 is 1.80 bits per heavy atom. The first kappa shape index (κ1) is 17.6. The summed E-state index contributed by atoms with van der Waals surface area (Å²) < 4.78 is 39.1. The molecule has 1 heterocycles. The van der Waals surface area contributed by atoms with E-state index in [9.17, 15) is 18.3 Å². The molecule has 25 heavy (non-hydrogen) atoms. The number of alkyl halides is 3. The molecule has 3 nitrogen and oxygen atoms in total. The first-order valence-corrected chi connectivity index (χ1v) is 8.21. The number of aliphatic imine (C=N–C) groups is 1. The molecule has 0 aromatic heterocycles. The van der Waals surface area contributed by atoms with Crippen LogP contribution in [0.1, 0.15) is 24.0 Å². The molecule has 0 aliphatic carbocycles. The molecule has 0 amide bonds. The lowest BCUT2D eigenvalue weighted by Crippen LogP contribution is -2.18. The van der Waals surface area contributed by atoms with E-state index in [4.69, 9.17) is 11.6 Å². The summed E-state index contributed by atoms with van der Waals surface area (Å²) in [6.07, 6.45) is -1.11. The second kappa shape index (κ2) is 6.96. The second-order valence-electron chi connectivity index (χ2n) is 5.86. The number of phenols is 1. The maximum absolute atomic E-state index is 13.0. The number of anilines is 1. The highest BCUT2D eigenvalue weighted by molar-refractivity contribution is 6.30. The molecule has 132 valence electrons. The summed E-state index contributed by atoms with van der Waals surface area (Å²) in [5.41, 5.74) is 0.467. The number of nitrogens with zero attached hydrogens (tertiary/aromatic N) is 2. The van der Waals surface area contributed by atoms with Crippen LogP contribution < -0.4 is 4.90 Å². The predicted molar refractivity (Wildman–Crippen MR) is 93.3 cm³/mol. The van der Waals surface area contributed by atoms with E-state index in [1.807, 2.05) is 4.90 Å². The summed E-state index contributed by atoms with van der Waals surface area (Å²) >= 11 is 5.89. The Kier molecular flexibility index (Phi) is 4.90. The maximum Gasteiger partial charge on any atom is 0.416 e. The number of phenolic OH excluding ortho intramolecular Hbond substituents is 1. The van der Waals surface area contributed by atoms with Gasteiger partial charge in [-0.25, -0.2) is 0 Å². The SMILES string of the molecule is Oc1ccc(Cl)cc1C=Nc1cc(C(F)(F)F)ccc1N1CCCC1. The highest BCUT2D eigenvalue weighted by Crippen LogP contribution is 2.38. The van der Waals surface area contributed by atoms with Crippen LogP contribution in [-0.4, -0.2) is 24.4 Å². The third kappa shape index (κ3) is 4.07. The van der Waals surface area contributed by atoms with Crippen LogP contribution >= 0.6 is 11.6 Å². The minimum Gasteiger partial charge on any atom is -0.507 e. The number of hydrogen-bond donors (Lipinski definition) is 1. The summed E-state index contributed by atoms with van der Waals surface area (Å²) in [7, 11) is 0. The van der Waals surface area contributed by atoms with Gasteiger partial charge in [0.2, 0.25) is 0 Å². The Morgan fingerprint density at radius 1 is 1.08 bits per heavy atom. The lowest BCUT2D eigenvalue weighted by Gasteiger charge is -2.20. The molecule has 7 heteroatoms. The summed E-state index contributed by atoms with van der Waals surface area (Å²) in [6, 6.07) is 8.00. The predicted octanol–water partition coefficient (Wildman–Crippen LogP) is 5.42. The Balaban J connectivity index is 2.02. The molecule has 2 aromatic rings. The largest absolute Gasteiger partial charge is 0.507 e. The second-order valence-corrected chi connectivity index (χ2v) is 6.29. The van der Waals surface area contributed by atoms with Gasteiger partial charge in [-0.1, -0.05) is 11.6 Å². The molecular formula is C18H16ClF3N2O. The number of aromatic hydroxyl groups is 1. The van der Waals surface area contributed by atoms with Crippen LogP contribution in [0, 0.1) is 0 Å². The minimum absolute atomic E-state index is 0.0390. The van der Waals surface area contributed by atoms with E-state index in [-0.39, 0.29) is 11.4 Å². The van der Waals surface area contributed by atoms with Gasteiger partial charge in [-0.2, -0.15) is 13.2 Å². The summed E-state index contributed by atoms with van der Waals surface area (Å²) in [5.74, 6) is -0.0390. The maximum atomic E-state index is 13.0. The molecule has 2 aromatic carbocycles. The number of halogens is 4. The zero-order valence-electron chi connectivity index (χ0n) is 13.2. The molecule has 1 fully saturated rings. The lowest BCUT2D eigenvalue weighted by atomic mass is 10.1. The summed E-state index contributed by atoms with van der Waals surface area (Å²) in [5, 5.41) is 10.2. The van der Waals surface area contributed by atoms with Gasteiger partial charge in [0, 0.05) is 29.9 Å². The average Bonchev–Trinajstić information content (AvgIpc) is 3.09. The lowest BCUT2D eigenvalue weighted by molar-refractivity contribution is -0.137. The number of hydrogen-bond acceptors (Lipinski definition) is 3. The fraction of sp³-hybridized carbons (Fsp3) is 0.278. The first-order valence-electron chi connectivity index (χ1n) is 7.83. The zero-order valence-corrected chi connectivity index (χ0v) is 14.0. The van der Waals surface area contributed by atoms with Crippen molar-refractivity contribution in [2.45, 2.75) is 19.0 Å². The van der Waals surface area contributed by atoms with Crippen LogP contribution in [0.15, 0.2) is 41.4 Å². The van der Waals surface area contributed by atoms with E-state index in [1.54, 1.807) is 0 Å². The molecule has 1 saturated heterocycles. The molecule has 1 aliphatic heterocycles. The van der Waals surface area contributed by atoms with Gasteiger partial charge in [0.05, 0.1) is 16.9 Å². The Bertz CT molecular complexity index is 799. The summed E-state index contributed by atoms with van der Waals surface area (Å²) in [4.78, 5) is 6.23. The highest BCUT2D eigenvalue weighted by atomic mass is 35.5. The van der Waals surface area contributed by atoms with Gasteiger partial charge in [-0.3, -0.25) is 4.99 Å². The normalized spacial score (nSPS) is 15.3. The number of benzene rings is 2. The topological polar surface area (TPSA) is 35.8 Å². The van der Waals surface area contributed by atoms with Gasteiger partial charge in [0.15, 0.2) is 0 Å². The monoisotopic (exact) mass is 368 g/mol. The molecule has 0 atom stereocenters. The molecule has 0 unspecified atom stereocenters. The molecule has 0 spiro atoms. The Morgan fingerprint density at radius 3 is 2.48 bits per heavy atom. The summed E-state index contributed by atoms with van der Waals surface area (Å²) in [6.45, 7) is 1.58. The molecule has 0 bridgehead atoms. The molecule has 1 aliphatic rings. The van der Waals surface area contributed by atoms with E-state index in [0.717, 1.165) is 38.1 Å². The zero-order chi connectivity index (χ0) is 18.0. The fourth-order valence-electron chi connectivity index (χ4n) is 2.80. The number of rotatable bonds is 3. The van der Waals surface area contributed by atoms with Crippen LogP contribution in [0.25, 0.3) is 0 Å². The first-order chi connectivity index (χ1) is 11.8. The average molecular weight is 369 g/mol. The van der Waals surface area contributed by atoms with E-state index < -0.39 is 11.7 Å². The van der Waals surface area contributed by atoms with E-state index >= 15 is 0 Å². The third-order valence-corrected chi connectivity index (χ3v) is 4.32. The molecule has 0 radical (unpaired) electrons. The van der Waals surface area contributed by atoms with Crippen LogP contribution in [0.3, 0.4) is 0 Å². The van der Waals surface area contributed by atoms with Gasteiger partial charge < -0.3 is 10.0 Å². The van der Waals surface area contributed by atoms with Crippen molar-refractivity contribution in [3.05, 3.63) is 52.5 Å². The van der Waals surface area contributed by atoms with Crippen LogP contribution in [0.4, 0.5) is 24.5 Å². The quantitative estimate of drug-likeness (QED) is 0.735. The van der Waals surface area contributed by atoms with E-state index in [2.05, 4.69) is 4.99 Å². The smallest absolute Gasteiger partial charge is 0.416 e. The minimum atomic E-state index is -4.44. The van der Waals surface area contributed by atoms with Crippen molar-refractivity contribution in [1.29, 1.82) is 0 Å². The van der Waals surface area contributed by atoms with Crippen molar-refractivity contribution < 1.29 is 18.3 Å². The van der Waals surface area contributed by atoms with E-state index in [1.165, 1.54) is 30.5 Å². The van der Waals surface area contributed by atoms with Crippen LogP contribution in [0.2, 0.25) is 5.02 Å². The van der Waals surface area contributed by atoms with Crippen molar-refractivity contribution in [3.63, 3.8) is 0 Å². The van der Waals surface area contributed by atoms with Gasteiger partial charge in [0.1, 0.15) is 5.75 Å². The fourth-order valence-corrected chi connectivity index (χ4v) is 2.98. The van der Waals surface area contributed by atoms with Crippen molar-refractivity contribution in [2.24, 2.45) is 4.99 Å². The standard InChI is InChI=1S/C18H16ClF3N2O/c19-14-4-6-17(25)12(9-14)11-23-15-10-13(18(20,21)22)3-5-16(15)24-7-1-2-8-24/h3-6,9-11,25H,1-2,7-8H2. The third-order valence-electron chi connectivity index (χ3n) is 4.08. The van der Waals surface area contributed by atoms with Crippen molar-refractivity contribution in [2.75, 3.05) is 18.0 Å². The van der Waals surface area contributed by atoms with E-state index in [0.29, 0.717) is 16.3 Å². The molecule has 3 rings (SSSR count). The van der Waals surface area contributed by atoms with Gasteiger partial charge >= 0.3 is 6.18 Å².